The van der Waals surface area contributed by atoms with Crippen molar-refractivity contribution in [1.29, 1.82) is 0 Å². The van der Waals surface area contributed by atoms with E-state index in [0.717, 1.165) is 33.2 Å². The summed E-state index contributed by atoms with van der Waals surface area (Å²) in [6.07, 6.45) is 4.55. The Morgan fingerprint density at radius 2 is 2.00 bits per heavy atom. The monoisotopic (exact) mass is 473 g/mol. The first-order chi connectivity index (χ1) is 13.6. The fourth-order valence-electron chi connectivity index (χ4n) is 3.60. The lowest BCUT2D eigenvalue weighted by Crippen LogP contribution is -2.05. The van der Waals surface area contributed by atoms with Gasteiger partial charge in [-0.05, 0) is 43.4 Å². The third-order valence-corrected chi connectivity index (χ3v) is 7.60. The molecule has 0 saturated carbocycles. The number of benzene rings is 1. The summed E-state index contributed by atoms with van der Waals surface area (Å²) in [5.74, 6) is 0.668. The summed E-state index contributed by atoms with van der Waals surface area (Å²) < 4.78 is 2.73. The molecule has 6 nitrogen and oxygen atoms in total. The number of fused-ring (bicyclic) bond motifs is 5. The number of carbonyl (C=O) groups excluding carboxylic acids is 1. The van der Waals surface area contributed by atoms with Crippen LogP contribution in [0.4, 0.5) is 5.95 Å². The smallest absolute Gasteiger partial charge is 0.209 e. The maximum atomic E-state index is 12.5. The molecular weight excluding hydrogens is 458 g/mol. The first-order valence-electron chi connectivity index (χ1n) is 8.98. The van der Waals surface area contributed by atoms with Gasteiger partial charge in [0.1, 0.15) is 4.83 Å². The molecule has 0 saturated heterocycles. The van der Waals surface area contributed by atoms with E-state index in [2.05, 4.69) is 31.1 Å². The Morgan fingerprint density at radius 1 is 1.21 bits per heavy atom. The summed E-state index contributed by atoms with van der Waals surface area (Å²) in [5, 5.41) is 10.4. The van der Waals surface area contributed by atoms with Crippen LogP contribution >= 0.6 is 39.0 Å². The molecule has 4 aromatic rings. The van der Waals surface area contributed by atoms with Crippen LogP contribution < -0.4 is 5.73 Å². The third kappa shape index (κ3) is 3.01. The lowest BCUT2D eigenvalue weighted by molar-refractivity contribution is 0.102. The number of carbonyl (C=O) groups is 1. The van der Waals surface area contributed by atoms with Crippen molar-refractivity contribution in [2.24, 2.45) is 0 Å². The molecule has 0 radical (unpaired) electrons. The Hall–Kier alpha value is -1.97. The van der Waals surface area contributed by atoms with Gasteiger partial charge in [-0.2, -0.15) is 0 Å². The molecule has 142 valence electrons. The maximum Gasteiger partial charge on any atom is 0.209 e. The molecule has 3 heterocycles. The summed E-state index contributed by atoms with van der Waals surface area (Å²) in [6, 6.07) is 7.35. The van der Waals surface area contributed by atoms with Crippen molar-refractivity contribution in [2.75, 3.05) is 11.5 Å². The van der Waals surface area contributed by atoms with Gasteiger partial charge in [0.05, 0.1) is 11.1 Å². The Labute approximate surface area is 177 Å². The van der Waals surface area contributed by atoms with Gasteiger partial charge in [-0.3, -0.25) is 4.79 Å². The Morgan fingerprint density at radius 3 is 2.82 bits per heavy atom. The molecule has 0 spiro atoms. The summed E-state index contributed by atoms with van der Waals surface area (Å²) in [4.78, 5) is 19.4. The normalized spacial score (nSPS) is 13.9. The molecule has 1 aromatic carbocycles. The third-order valence-electron chi connectivity index (χ3n) is 4.95. The van der Waals surface area contributed by atoms with Crippen LogP contribution in [-0.2, 0) is 12.8 Å². The average Bonchev–Trinajstić information content (AvgIpc) is 3.27. The zero-order valence-electron chi connectivity index (χ0n) is 14.8. The first kappa shape index (κ1) is 18.1. The number of anilines is 1. The molecule has 0 atom stereocenters. The van der Waals surface area contributed by atoms with Gasteiger partial charge in [0.25, 0.3) is 0 Å². The molecule has 1 aliphatic carbocycles. The predicted molar refractivity (Wildman–Crippen MR) is 116 cm³/mol. The van der Waals surface area contributed by atoms with Gasteiger partial charge in [-0.15, -0.1) is 21.5 Å². The van der Waals surface area contributed by atoms with Crippen molar-refractivity contribution in [3.05, 3.63) is 44.7 Å². The number of ketones is 1. The molecule has 1 aliphatic rings. The Balaban J connectivity index is 1.50. The highest BCUT2D eigenvalue weighted by molar-refractivity contribution is 9.10. The number of Topliss-reactive ketones (excluding diaryl/α,β-unsaturated/α-hetero) is 1. The van der Waals surface area contributed by atoms with E-state index in [0.29, 0.717) is 16.7 Å². The summed E-state index contributed by atoms with van der Waals surface area (Å²) in [5.41, 5.74) is 9.00. The van der Waals surface area contributed by atoms with E-state index in [1.54, 1.807) is 15.7 Å². The lowest BCUT2D eigenvalue weighted by Gasteiger charge is -2.10. The number of nitrogens with two attached hydrogens (primary N) is 1. The Bertz CT molecular complexity index is 1210. The topological polar surface area (TPSA) is 86.2 Å². The molecule has 9 heteroatoms. The highest BCUT2D eigenvalue weighted by atomic mass is 79.9. The number of thioether (sulfide) groups is 1. The van der Waals surface area contributed by atoms with Gasteiger partial charge < -0.3 is 5.73 Å². The van der Waals surface area contributed by atoms with E-state index in [1.807, 2.05) is 24.3 Å². The van der Waals surface area contributed by atoms with E-state index < -0.39 is 0 Å². The minimum Gasteiger partial charge on any atom is -0.369 e. The van der Waals surface area contributed by atoms with Crippen molar-refractivity contribution in [1.82, 2.24) is 19.6 Å². The van der Waals surface area contributed by atoms with Crippen molar-refractivity contribution in [3.63, 3.8) is 0 Å². The molecule has 0 aliphatic heterocycles. The summed E-state index contributed by atoms with van der Waals surface area (Å²) in [6.45, 7) is 0. The largest absolute Gasteiger partial charge is 0.369 e. The molecule has 0 fully saturated rings. The van der Waals surface area contributed by atoms with E-state index in [-0.39, 0.29) is 11.5 Å². The number of halogens is 1. The van der Waals surface area contributed by atoms with Gasteiger partial charge >= 0.3 is 0 Å². The highest BCUT2D eigenvalue weighted by Gasteiger charge is 2.23. The van der Waals surface area contributed by atoms with Crippen molar-refractivity contribution >= 4 is 66.6 Å². The van der Waals surface area contributed by atoms with Crippen LogP contribution in [0.3, 0.4) is 0 Å². The second kappa shape index (κ2) is 7.13. The molecule has 5 rings (SSSR count). The SMILES string of the molecule is Nc1nc2sc3c(c2c2nnc(SCC(=O)c4ccc(Br)cc4)n12)CCCC3. The molecule has 0 unspecified atom stereocenters. The van der Waals surface area contributed by atoms with Crippen LogP contribution in [0, 0.1) is 0 Å². The number of rotatable bonds is 4. The number of hydrogen-bond donors (Lipinski definition) is 1. The number of aryl methyl sites for hydroxylation is 2. The van der Waals surface area contributed by atoms with Gasteiger partial charge in [0.2, 0.25) is 5.95 Å². The highest BCUT2D eigenvalue weighted by Crippen LogP contribution is 2.38. The van der Waals surface area contributed by atoms with E-state index in [4.69, 9.17) is 5.73 Å². The van der Waals surface area contributed by atoms with Gasteiger partial charge in [-0.1, -0.05) is 39.8 Å². The number of aromatic nitrogens is 4. The van der Waals surface area contributed by atoms with Gasteiger partial charge in [-0.25, -0.2) is 9.38 Å². The Kier molecular flexibility index (Phi) is 4.60. The van der Waals surface area contributed by atoms with Crippen LogP contribution in [0.2, 0.25) is 0 Å². The quantitative estimate of drug-likeness (QED) is 0.345. The number of thiophene rings is 1. The molecule has 28 heavy (non-hydrogen) atoms. The number of nitrogens with zero attached hydrogens (tertiary/aromatic N) is 4. The molecule has 2 N–H and O–H groups in total. The predicted octanol–water partition coefficient (Wildman–Crippen LogP) is 4.54. The van der Waals surface area contributed by atoms with Crippen molar-refractivity contribution < 1.29 is 4.79 Å². The van der Waals surface area contributed by atoms with Crippen molar-refractivity contribution in [3.8, 4) is 0 Å². The zero-order chi connectivity index (χ0) is 19.3. The number of hydrogen-bond acceptors (Lipinski definition) is 7. The average molecular weight is 474 g/mol. The summed E-state index contributed by atoms with van der Waals surface area (Å²) >= 11 is 6.44. The molecule has 0 amide bonds. The molecule has 0 bridgehead atoms. The van der Waals surface area contributed by atoms with Crippen LogP contribution in [0.5, 0.6) is 0 Å². The fraction of sp³-hybridized carbons (Fsp3) is 0.263. The maximum absolute atomic E-state index is 12.5. The second-order valence-electron chi connectivity index (χ2n) is 6.72. The van der Waals surface area contributed by atoms with E-state index >= 15 is 0 Å². The van der Waals surface area contributed by atoms with Crippen molar-refractivity contribution in [2.45, 2.75) is 30.8 Å². The zero-order valence-corrected chi connectivity index (χ0v) is 18.0. The molecule has 3 aromatic heterocycles. The van der Waals surface area contributed by atoms with Gasteiger partial charge in [0.15, 0.2) is 16.6 Å². The van der Waals surface area contributed by atoms with Crippen LogP contribution in [0.25, 0.3) is 15.9 Å². The lowest BCUT2D eigenvalue weighted by atomic mass is 9.97. The molecular formula is C19H16BrN5OS2. The minimum absolute atomic E-state index is 0.0368. The van der Waals surface area contributed by atoms with Crippen LogP contribution in [0.1, 0.15) is 33.6 Å². The first-order valence-corrected chi connectivity index (χ1v) is 11.6. The standard InChI is InChI=1S/C19H16BrN5OS2/c20-11-7-5-10(6-8-11)13(26)9-27-19-24-23-16-15-12-3-1-2-4-14(12)28-17(15)22-18(21)25(16)19/h5-8H,1-4,9H2,(H2,21,22). The van der Waals surface area contributed by atoms with E-state index in [1.165, 1.54) is 35.0 Å². The second-order valence-corrected chi connectivity index (χ2v) is 9.66. The van der Waals surface area contributed by atoms with E-state index in [9.17, 15) is 4.79 Å². The summed E-state index contributed by atoms with van der Waals surface area (Å²) in [7, 11) is 0. The van der Waals surface area contributed by atoms with Gasteiger partial charge in [0, 0.05) is 14.9 Å². The van der Waals surface area contributed by atoms with Crippen LogP contribution in [-0.4, -0.2) is 31.1 Å². The minimum atomic E-state index is 0.0368. The van der Waals surface area contributed by atoms with Crippen LogP contribution in [0.15, 0.2) is 33.9 Å². The fourth-order valence-corrected chi connectivity index (χ4v) is 5.96. The number of nitrogen functional groups attached to an aromatic ring is 1.